The molecule has 1 heterocycles. The Morgan fingerprint density at radius 3 is 2.76 bits per heavy atom. The first-order valence-corrected chi connectivity index (χ1v) is 5.40. The van der Waals surface area contributed by atoms with Crippen molar-refractivity contribution in [3.05, 3.63) is 30.3 Å². The van der Waals surface area contributed by atoms with Crippen LogP contribution in [0.4, 0.5) is 5.69 Å². The number of para-hydroxylation sites is 1. The molecule has 0 radical (unpaired) electrons. The first-order valence-electron chi connectivity index (χ1n) is 5.40. The molecule has 1 aliphatic rings. The second kappa shape index (κ2) is 4.86. The first-order chi connectivity index (χ1) is 8.20. The van der Waals surface area contributed by atoms with Gasteiger partial charge in [-0.15, -0.1) is 0 Å². The SMILES string of the molecule is COC(=O)[C@@H]1C[C@H](Nc2ccccc2)C(=O)N1. The van der Waals surface area contributed by atoms with Gasteiger partial charge in [0.05, 0.1) is 7.11 Å². The number of hydrogen-bond donors (Lipinski definition) is 2. The number of esters is 1. The van der Waals surface area contributed by atoms with Crippen LogP contribution in [0.5, 0.6) is 0 Å². The van der Waals surface area contributed by atoms with Gasteiger partial charge in [-0.1, -0.05) is 18.2 Å². The molecule has 1 aromatic carbocycles. The Morgan fingerprint density at radius 1 is 1.41 bits per heavy atom. The van der Waals surface area contributed by atoms with Crippen LogP contribution in [-0.2, 0) is 14.3 Å². The molecule has 0 bridgehead atoms. The zero-order valence-electron chi connectivity index (χ0n) is 9.47. The molecule has 1 aromatic rings. The van der Waals surface area contributed by atoms with Crippen molar-refractivity contribution < 1.29 is 14.3 Å². The lowest BCUT2D eigenvalue weighted by Crippen LogP contribution is -2.34. The Kier molecular flexibility index (Phi) is 3.27. The van der Waals surface area contributed by atoms with Crippen LogP contribution in [0.15, 0.2) is 30.3 Å². The minimum absolute atomic E-state index is 0.177. The molecule has 5 nitrogen and oxygen atoms in total. The molecule has 2 rings (SSSR count). The van der Waals surface area contributed by atoms with Gasteiger partial charge in [-0.05, 0) is 12.1 Å². The largest absolute Gasteiger partial charge is 0.467 e. The van der Waals surface area contributed by atoms with Gasteiger partial charge < -0.3 is 15.4 Å². The summed E-state index contributed by atoms with van der Waals surface area (Å²) in [5.41, 5.74) is 0.859. The number of amides is 1. The maximum atomic E-state index is 11.6. The standard InChI is InChI=1S/C12H14N2O3/c1-17-12(16)10-7-9(11(15)14-10)13-8-5-3-2-4-6-8/h2-6,9-10,13H,7H2,1H3,(H,14,15)/t9-,10-/m0/s1. The third kappa shape index (κ3) is 2.55. The molecule has 2 N–H and O–H groups in total. The summed E-state index contributed by atoms with van der Waals surface area (Å²) in [6.07, 6.45) is 0.403. The van der Waals surface area contributed by atoms with E-state index >= 15 is 0 Å². The van der Waals surface area contributed by atoms with Crippen LogP contribution in [0.25, 0.3) is 0 Å². The highest BCUT2D eigenvalue weighted by atomic mass is 16.5. The molecular weight excluding hydrogens is 220 g/mol. The van der Waals surface area contributed by atoms with Gasteiger partial charge in [0.1, 0.15) is 12.1 Å². The Hall–Kier alpha value is -2.04. The molecule has 0 unspecified atom stereocenters. The topological polar surface area (TPSA) is 67.4 Å². The first kappa shape index (κ1) is 11.4. The number of hydrogen-bond acceptors (Lipinski definition) is 4. The van der Waals surface area contributed by atoms with Crippen molar-refractivity contribution in [1.29, 1.82) is 0 Å². The Balaban J connectivity index is 1.99. The third-order valence-electron chi connectivity index (χ3n) is 2.70. The Morgan fingerprint density at radius 2 is 2.12 bits per heavy atom. The third-order valence-corrected chi connectivity index (χ3v) is 2.70. The fourth-order valence-corrected chi connectivity index (χ4v) is 1.83. The van der Waals surface area contributed by atoms with E-state index < -0.39 is 12.0 Å². The number of rotatable bonds is 3. The second-order valence-corrected chi connectivity index (χ2v) is 3.88. The lowest BCUT2D eigenvalue weighted by Gasteiger charge is -2.11. The number of carbonyl (C=O) groups excluding carboxylic acids is 2. The summed E-state index contributed by atoms with van der Waals surface area (Å²) in [6, 6.07) is 8.48. The highest BCUT2D eigenvalue weighted by Gasteiger charge is 2.36. The summed E-state index contributed by atoms with van der Waals surface area (Å²) < 4.78 is 4.60. The van der Waals surface area contributed by atoms with E-state index in [1.165, 1.54) is 7.11 Å². The van der Waals surface area contributed by atoms with Crippen LogP contribution in [-0.4, -0.2) is 31.1 Å². The van der Waals surface area contributed by atoms with Gasteiger partial charge in [-0.25, -0.2) is 4.79 Å². The molecule has 90 valence electrons. The molecule has 1 amide bonds. The molecule has 0 aromatic heterocycles. The number of methoxy groups -OCH3 is 1. The van der Waals surface area contributed by atoms with Crippen molar-refractivity contribution in [2.24, 2.45) is 0 Å². The number of ether oxygens (including phenoxy) is 1. The van der Waals surface area contributed by atoms with E-state index in [1.807, 2.05) is 30.3 Å². The van der Waals surface area contributed by atoms with E-state index in [-0.39, 0.29) is 11.9 Å². The van der Waals surface area contributed by atoms with Crippen LogP contribution in [0.3, 0.4) is 0 Å². The maximum Gasteiger partial charge on any atom is 0.328 e. The molecular formula is C12H14N2O3. The molecule has 2 atom stereocenters. The lowest BCUT2D eigenvalue weighted by atomic mass is 10.1. The highest BCUT2D eigenvalue weighted by molar-refractivity contribution is 5.93. The van der Waals surface area contributed by atoms with Crippen LogP contribution in [0, 0.1) is 0 Å². The van der Waals surface area contributed by atoms with E-state index in [4.69, 9.17) is 0 Å². The lowest BCUT2D eigenvalue weighted by molar-refractivity contribution is -0.143. The predicted octanol–water partition coefficient (Wildman–Crippen LogP) is 0.529. The van der Waals surface area contributed by atoms with Gasteiger partial charge in [0, 0.05) is 12.1 Å². The van der Waals surface area contributed by atoms with Gasteiger partial charge in [0.15, 0.2) is 0 Å². The molecule has 1 fully saturated rings. The maximum absolute atomic E-state index is 11.6. The highest BCUT2D eigenvalue weighted by Crippen LogP contribution is 2.15. The van der Waals surface area contributed by atoms with Crippen LogP contribution >= 0.6 is 0 Å². The van der Waals surface area contributed by atoms with Crippen molar-refractivity contribution in [3.8, 4) is 0 Å². The molecule has 0 spiro atoms. The van der Waals surface area contributed by atoms with E-state index in [0.717, 1.165) is 5.69 Å². The van der Waals surface area contributed by atoms with Gasteiger partial charge in [-0.2, -0.15) is 0 Å². The minimum atomic E-state index is -0.547. The molecule has 1 aliphatic heterocycles. The van der Waals surface area contributed by atoms with E-state index in [0.29, 0.717) is 6.42 Å². The quantitative estimate of drug-likeness (QED) is 0.749. The minimum Gasteiger partial charge on any atom is -0.467 e. The van der Waals surface area contributed by atoms with Gasteiger partial charge >= 0.3 is 5.97 Å². The summed E-state index contributed by atoms with van der Waals surface area (Å²) in [4.78, 5) is 22.9. The van der Waals surface area contributed by atoms with Gasteiger partial charge in [0.2, 0.25) is 5.91 Å². The van der Waals surface area contributed by atoms with Crippen molar-refractivity contribution in [2.75, 3.05) is 12.4 Å². The van der Waals surface area contributed by atoms with Gasteiger partial charge in [0.25, 0.3) is 0 Å². The zero-order chi connectivity index (χ0) is 12.3. The molecule has 0 aliphatic carbocycles. The predicted molar refractivity (Wildman–Crippen MR) is 62.4 cm³/mol. The summed E-state index contributed by atoms with van der Waals surface area (Å²) in [6.45, 7) is 0. The van der Waals surface area contributed by atoms with E-state index in [1.54, 1.807) is 0 Å². The van der Waals surface area contributed by atoms with E-state index in [2.05, 4.69) is 15.4 Å². The fraction of sp³-hybridized carbons (Fsp3) is 0.333. The average molecular weight is 234 g/mol. The molecule has 5 heteroatoms. The summed E-state index contributed by atoms with van der Waals surface area (Å²) in [5, 5.41) is 5.68. The zero-order valence-corrected chi connectivity index (χ0v) is 9.47. The van der Waals surface area contributed by atoms with Crippen molar-refractivity contribution in [1.82, 2.24) is 5.32 Å². The number of carbonyl (C=O) groups is 2. The number of benzene rings is 1. The fourth-order valence-electron chi connectivity index (χ4n) is 1.83. The van der Waals surface area contributed by atoms with Crippen molar-refractivity contribution in [2.45, 2.75) is 18.5 Å². The summed E-state index contributed by atoms with van der Waals surface area (Å²) in [7, 11) is 1.31. The second-order valence-electron chi connectivity index (χ2n) is 3.88. The Bertz CT molecular complexity index is 419. The van der Waals surface area contributed by atoms with Crippen molar-refractivity contribution in [3.63, 3.8) is 0 Å². The molecule has 1 saturated heterocycles. The summed E-state index contributed by atoms with van der Waals surface area (Å²) in [5.74, 6) is -0.583. The van der Waals surface area contributed by atoms with Gasteiger partial charge in [-0.3, -0.25) is 4.79 Å². The normalized spacial score (nSPS) is 23.0. The number of nitrogens with one attached hydrogen (secondary N) is 2. The van der Waals surface area contributed by atoms with Crippen LogP contribution in [0.1, 0.15) is 6.42 Å². The summed E-state index contributed by atoms with van der Waals surface area (Å²) >= 11 is 0. The van der Waals surface area contributed by atoms with Crippen LogP contribution < -0.4 is 10.6 Å². The monoisotopic (exact) mass is 234 g/mol. The Labute approximate surface area is 99.2 Å². The average Bonchev–Trinajstić information content (AvgIpc) is 2.71. The number of anilines is 1. The van der Waals surface area contributed by atoms with Crippen molar-refractivity contribution >= 4 is 17.6 Å². The molecule has 0 saturated carbocycles. The smallest absolute Gasteiger partial charge is 0.328 e. The van der Waals surface area contributed by atoms with E-state index in [9.17, 15) is 9.59 Å². The van der Waals surface area contributed by atoms with Crippen LogP contribution in [0.2, 0.25) is 0 Å². The molecule has 17 heavy (non-hydrogen) atoms.